The summed E-state index contributed by atoms with van der Waals surface area (Å²) < 4.78 is 11.7. The third-order valence-corrected chi connectivity index (χ3v) is 10.3. The highest BCUT2D eigenvalue weighted by Gasteiger charge is 2.20. The van der Waals surface area contributed by atoms with Crippen LogP contribution >= 0.6 is 0 Å². The van der Waals surface area contributed by atoms with E-state index in [1.54, 1.807) is 0 Å². The number of hydrogen-bond acceptors (Lipinski definition) is 5. The maximum absolute atomic E-state index is 13.0. The Balaban J connectivity index is 4.49. The van der Waals surface area contributed by atoms with Gasteiger partial charge in [0.2, 0.25) is 0 Å². The van der Waals surface area contributed by atoms with Crippen molar-refractivity contribution in [2.75, 3.05) is 32.8 Å². The van der Waals surface area contributed by atoms with Gasteiger partial charge >= 0.3 is 11.9 Å². The number of carbonyl (C=O) groups is 2. The van der Waals surface area contributed by atoms with E-state index in [2.05, 4.69) is 39.5 Å². The van der Waals surface area contributed by atoms with Gasteiger partial charge in [-0.05, 0) is 77.4 Å². The molecule has 0 fully saturated rings. The fraction of sp³-hybridized carbons (Fsp3) is 0.955. The van der Waals surface area contributed by atoms with Crippen molar-refractivity contribution in [3.05, 3.63) is 0 Å². The summed E-state index contributed by atoms with van der Waals surface area (Å²) in [6.45, 7) is 15.6. The molecule has 2 unspecified atom stereocenters. The molecule has 0 amide bonds. The highest BCUT2D eigenvalue weighted by Crippen LogP contribution is 2.22. The van der Waals surface area contributed by atoms with Crippen molar-refractivity contribution in [1.29, 1.82) is 0 Å². The molecule has 0 radical (unpaired) electrons. The molecule has 5 nitrogen and oxygen atoms in total. The third-order valence-electron chi connectivity index (χ3n) is 10.3. The first-order valence-corrected chi connectivity index (χ1v) is 22.1. The molecule has 292 valence electrons. The molecule has 0 spiro atoms. The molecule has 0 rings (SSSR count). The minimum Gasteiger partial charge on any atom is -0.465 e. The number of esters is 2. The second kappa shape index (κ2) is 38.1. The van der Waals surface area contributed by atoms with Crippen LogP contribution < -0.4 is 0 Å². The molecule has 0 saturated heterocycles. The fourth-order valence-corrected chi connectivity index (χ4v) is 6.91. The van der Waals surface area contributed by atoms with Gasteiger partial charge in [-0.25, -0.2) is 0 Å². The van der Waals surface area contributed by atoms with E-state index in [9.17, 15) is 9.59 Å². The zero-order valence-corrected chi connectivity index (χ0v) is 34.0. The van der Waals surface area contributed by atoms with Gasteiger partial charge in [0.1, 0.15) is 0 Å². The summed E-state index contributed by atoms with van der Waals surface area (Å²) in [6, 6.07) is 0. The second-order valence-electron chi connectivity index (χ2n) is 15.1. The average molecular weight is 694 g/mol. The van der Waals surface area contributed by atoms with Crippen molar-refractivity contribution in [2.24, 2.45) is 11.8 Å². The number of ether oxygens (including phenoxy) is 2. The average Bonchev–Trinajstić information content (AvgIpc) is 3.10. The van der Waals surface area contributed by atoms with Crippen LogP contribution in [0.3, 0.4) is 0 Å². The summed E-state index contributed by atoms with van der Waals surface area (Å²) >= 11 is 0. The van der Waals surface area contributed by atoms with Gasteiger partial charge in [0.25, 0.3) is 0 Å². The van der Waals surface area contributed by atoms with Crippen molar-refractivity contribution >= 4 is 11.9 Å². The van der Waals surface area contributed by atoms with Crippen molar-refractivity contribution < 1.29 is 19.1 Å². The predicted octanol–water partition coefficient (Wildman–Crippen LogP) is 13.4. The lowest BCUT2D eigenvalue weighted by atomic mass is 9.94. The zero-order chi connectivity index (χ0) is 36.0. The largest absolute Gasteiger partial charge is 0.465 e. The highest BCUT2D eigenvalue weighted by atomic mass is 16.5. The molecule has 0 aliphatic rings. The van der Waals surface area contributed by atoms with Gasteiger partial charge in [-0.3, -0.25) is 9.59 Å². The van der Waals surface area contributed by atoms with E-state index < -0.39 is 0 Å². The molecule has 0 aromatic carbocycles. The lowest BCUT2D eigenvalue weighted by Crippen LogP contribution is -2.28. The molecule has 0 aromatic rings. The fourth-order valence-electron chi connectivity index (χ4n) is 6.91. The maximum Gasteiger partial charge on any atom is 0.308 e. The zero-order valence-electron chi connectivity index (χ0n) is 34.0. The molecule has 0 aliphatic carbocycles. The Hall–Kier alpha value is -1.10. The van der Waals surface area contributed by atoms with Crippen LogP contribution in [0.4, 0.5) is 0 Å². The van der Waals surface area contributed by atoms with E-state index in [0.29, 0.717) is 13.2 Å². The normalized spacial score (nSPS) is 12.8. The topological polar surface area (TPSA) is 55.8 Å². The van der Waals surface area contributed by atoms with Crippen LogP contribution in [0.2, 0.25) is 0 Å². The van der Waals surface area contributed by atoms with Crippen molar-refractivity contribution in [3.63, 3.8) is 0 Å². The lowest BCUT2D eigenvalue weighted by molar-refractivity contribution is -0.150. The highest BCUT2D eigenvalue weighted by molar-refractivity contribution is 5.72. The summed E-state index contributed by atoms with van der Waals surface area (Å²) in [4.78, 5) is 28.6. The van der Waals surface area contributed by atoms with Crippen molar-refractivity contribution in [1.82, 2.24) is 4.90 Å². The number of carbonyl (C=O) groups excluding carboxylic acids is 2. The maximum atomic E-state index is 13.0. The van der Waals surface area contributed by atoms with Crippen LogP contribution in [-0.4, -0.2) is 49.7 Å². The van der Waals surface area contributed by atoms with Crippen LogP contribution in [0.15, 0.2) is 0 Å². The summed E-state index contributed by atoms with van der Waals surface area (Å²) in [5, 5.41) is 0. The van der Waals surface area contributed by atoms with E-state index in [1.807, 2.05) is 0 Å². The van der Waals surface area contributed by atoms with Crippen LogP contribution in [0, 0.1) is 11.8 Å². The molecular formula is C44H87NO4. The summed E-state index contributed by atoms with van der Waals surface area (Å²) in [7, 11) is 0. The van der Waals surface area contributed by atoms with Crippen LogP contribution in [-0.2, 0) is 19.1 Å². The Morgan fingerprint density at radius 3 is 1.00 bits per heavy atom. The Morgan fingerprint density at radius 2 is 0.653 bits per heavy atom. The third kappa shape index (κ3) is 31.4. The van der Waals surface area contributed by atoms with Gasteiger partial charge in [-0.15, -0.1) is 0 Å². The first-order valence-electron chi connectivity index (χ1n) is 22.1. The van der Waals surface area contributed by atoms with Crippen LogP contribution in [0.5, 0.6) is 0 Å². The predicted molar refractivity (Wildman–Crippen MR) is 212 cm³/mol. The molecule has 0 saturated carbocycles. The first kappa shape index (κ1) is 47.9. The number of nitrogens with zero attached hydrogens (tertiary/aromatic N) is 1. The van der Waals surface area contributed by atoms with Crippen molar-refractivity contribution in [2.45, 2.75) is 227 Å². The smallest absolute Gasteiger partial charge is 0.308 e. The molecule has 5 heteroatoms. The molecule has 2 atom stereocenters. The van der Waals surface area contributed by atoms with Crippen LogP contribution in [0.1, 0.15) is 227 Å². The first-order chi connectivity index (χ1) is 24.0. The van der Waals surface area contributed by atoms with Gasteiger partial charge < -0.3 is 14.4 Å². The monoisotopic (exact) mass is 694 g/mol. The van der Waals surface area contributed by atoms with Gasteiger partial charge in [0.05, 0.1) is 25.0 Å². The van der Waals surface area contributed by atoms with E-state index in [0.717, 1.165) is 96.7 Å². The molecule has 0 aromatic heterocycles. The second-order valence-corrected chi connectivity index (χ2v) is 15.1. The standard InChI is InChI=1S/C44H87NO4/c1-6-11-16-20-22-26-34-41(32-24-18-13-8-3)43(46)48-39-30-28-37-45(36-15-10-5)38-29-31-40-49-44(47)42(33-25-19-14-9-4)35-27-23-21-17-12-7-2/h41-42H,6-40H2,1-5H3. The van der Waals surface area contributed by atoms with Crippen LogP contribution in [0.25, 0.3) is 0 Å². The Morgan fingerprint density at radius 1 is 0.367 bits per heavy atom. The van der Waals surface area contributed by atoms with E-state index >= 15 is 0 Å². The molecule has 0 aliphatic heterocycles. The number of hydrogen-bond donors (Lipinski definition) is 0. The Kier molecular flexibility index (Phi) is 37.3. The van der Waals surface area contributed by atoms with E-state index in [4.69, 9.17) is 9.47 Å². The molecule has 0 N–H and O–H groups in total. The molecule has 49 heavy (non-hydrogen) atoms. The summed E-state index contributed by atoms with van der Waals surface area (Å²) in [5.41, 5.74) is 0. The summed E-state index contributed by atoms with van der Waals surface area (Å²) in [6.07, 6.45) is 35.3. The van der Waals surface area contributed by atoms with Gasteiger partial charge in [-0.1, -0.05) is 169 Å². The summed E-state index contributed by atoms with van der Waals surface area (Å²) in [5.74, 6) is 0.283. The van der Waals surface area contributed by atoms with E-state index in [1.165, 1.54) is 116 Å². The van der Waals surface area contributed by atoms with Gasteiger partial charge in [0, 0.05) is 0 Å². The molecular weight excluding hydrogens is 606 g/mol. The van der Waals surface area contributed by atoms with Gasteiger partial charge in [0.15, 0.2) is 0 Å². The minimum absolute atomic E-state index is 0.0533. The van der Waals surface area contributed by atoms with E-state index in [-0.39, 0.29) is 23.8 Å². The number of rotatable bonds is 39. The molecule has 0 bridgehead atoms. The minimum atomic E-state index is 0.0533. The van der Waals surface area contributed by atoms with Gasteiger partial charge in [-0.2, -0.15) is 0 Å². The SMILES string of the molecule is CCCCCCCCC(CCCCCC)C(=O)OCCCCN(CCCC)CCCCOC(=O)C(CCCCCC)CCCCCCCC. The quantitative estimate of drug-likeness (QED) is 0.0474. The van der Waals surface area contributed by atoms with Crippen molar-refractivity contribution in [3.8, 4) is 0 Å². The lowest BCUT2D eigenvalue weighted by Gasteiger charge is -2.22. The number of unbranched alkanes of at least 4 members (excludes halogenated alkanes) is 19. The Bertz CT molecular complexity index is 644. The Labute approximate surface area is 307 Å². The molecule has 0 heterocycles.